The molecule has 2 amide bonds. The molecule has 0 saturated carbocycles. The topological polar surface area (TPSA) is 70.5 Å². The van der Waals surface area contributed by atoms with Gasteiger partial charge in [-0.05, 0) is 37.6 Å². The van der Waals surface area contributed by atoms with Crippen LogP contribution in [0.1, 0.15) is 29.1 Å². The van der Waals surface area contributed by atoms with E-state index in [1.165, 1.54) is 11.3 Å². The predicted octanol–water partition coefficient (Wildman–Crippen LogP) is 3.83. The molecule has 0 bridgehead atoms. The third kappa shape index (κ3) is 2.02. The van der Waals surface area contributed by atoms with Crippen molar-refractivity contribution in [3.05, 3.63) is 40.0 Å². The van der Waals surface area contributed by atoms with Gasteiger partial charge in [0.25, 0.3) is 5.91 Å². The number of aromatic nitrogens is 1. The highest BCUT2D eigenvalue weighted by Gasteiger charge is 2.48. The molecule has 2 aromatic heterocycles. The van der Waals surface area contributed by atoms with E-state index in [0.717, 1.165) is 20.2 Å². The molecule has 3 rings (SSSR count). The minimum atomic E-state index is -1.23. The molecule has 1 N–H and O–H groups in total. The van der Waals surface area contributed by atoms with E-state index in [4.69, 9.17) is 11.6 Å². The van der Waals surface area contributed by atoms with E-state index in [9.17, 15) is 14.7 Å². The molecule has 0 saturated heterocycles. The Morgan fingerprint density at radius 1 is 1.43 bits per heavy atom. The van der Waals surface area contributed by atoms with E-state index in [-0.39, 0.29) is 0 Å². The predicted molar refractivity (Wildman–Crippen MR) is 79.8 cm³/mol. The largest absolute Gasteiger partial charge is 0.465 e. The molecular formula is C14H11ClN2O3S. The first kappa shape index (κ1) is 14.0. The summed E-state index contributed by atoms with van der Waals surface area (Å²) in [4.78, 5) is 30.0. The van der Waals surface area contributed by atoms with E-state index < -0.39 is 17.5 Å². The number of thiophene rings is 1. The quantitative estimate of drug-likeness (QED) is 0.810. The molecule has 21 heavy (non-hydrogen) atoms. The molecule has 1 aliphatic heterocycles. The van der Waals surface area contributed by atoms with Gasteiger partial charge in [0.1, 0.15) is 5.15 Å². The molecular weight excluding hydrogens is 312 g/mol. The summed E-state index contributed by atoms with van der Waals surface area (Å²) in [5.74, 6) is -0.481. The number of fused-ring (bicyclic) bond motifs is 1. The molecule has 0 aromatic carbocycles. The Bertz CT molecular complexity index is 769. The van der Waals surface area contributed by atoms with E-state index in [0.29, 0.717) is 10.7 Å². The number of halogens is 1. The molecule has 2 aromatic rings. The number of imide groups is 1. The molecule has 108 valence electrons. The third-order valence-electron chi connectivity index (χ3n) is 3.48. The third-order valence-corrected chi connectivity index (χ3v) is 5.19. The summed E-state index contributed by atoms with van der Waals surface area (Å²) in [5, 5.41) is 9.59. The number of carboxylic acid groups (broad SMARTS) is 1. The standard InChI is InChI=1S/C14H11ClN2O3S/c1-14(2)11-8(12(18)17(14)13(19)20)6-9(21-11)7-3-4-16-10(15)5-7/h3-6H,1-2H3,(H,19,20). The number of carbonyl (C=O) groups excluding carboxylic acids is 1. The summed E-state index contributed by atoms with van der Waals surface area (Å²) >= 11 is 7.28. The van der Waals surface area contributed by atoms with Crippen molar-refractivity contribution in [2.24, 2.45) is 0 Å². The highest BCUT2D eigenvalue weighted by molar-refractivity contribution is 7.16. The fraction of sp³-hybridized carbons (Fsp3) is 0.214. The summed E-state index contributed by atoms with van der Waals surface area (Å²) in [5.41, 5.74) is 0.438. The van der Waals surface area contributed by atoms with Crippen molar-refractivity contribution in [3.63, 3.8) is 0 Å². The van der Waals surface area contributed by atoms with Gasteiger partial charge in [-0.25, -0.2) is 14.7 Å². The number of nitrogens with zero attached hydrogens (tertiary/aromatic N) is 2. The lowest BCUT2D eigenvalue weighted by molar-refractivity contribution is 0.0613. The van der Waals surface area contributed by atoms with Crippen LogP contribution in [0.2, 0.25) is 5.15 Å². The number of amides is 2. The van der Waals surface area contributed by atoms with E-state index in [1.54, 1.807) is 38.2 Å². The molecule has 1 aliphatic rings. The van der Waals surface area contributed by atoms with Crippen LogP contribution >= 0.6 is 22.9 Å². The first-order valence-electron chi connectivity index (χ1n) is 6.16. The molecule has 0 spiro atoms. The Morgan fingerprint density at radius 2 is 2.14 bits per heavy atom. The molecule has 0 fully saturated rings. The molecule has 0 aliphatic carbocycles. The Hall–Kier alpha value is -1.92. The number of hydrogen-bond acceptors (Lipinski definition) is 4. The Balaban J connectivity index is 2.12. The highest BCUT2D eigenvalue weighted by Crippen LogP contribution is 2.46. The monoisotopic (exact) mass is 322 g/mol. The maximum atomic E-state index is 12.3. The minimum absolute atomic E-state index is 0.374. The van der Waals surface area contributed by atoms with Gasteiger partial charge in [0, 0.05) is 16.0 Å². The van der Waals surface area contributed by atoms with Crippen LogP contribution in [0.15, 0.2) is 24.4 Å². The van der Waals surface area contributed by atoms with E-state index >= 15 is 0 Å². The zero-order valence-corrected chi connectivity index (χ0v) is 12.8. The van der Waals surface area contributed by atoms with Crippen molar-refractivity contribution in [3.8, 4) is 10.4 Å². The zero-order chi connectivity index (χ0) is 15.4. The minimum Gasteiger partial charge on any atom is -0.465 e. The van der Waals surface area contributed by atoms with Crippen molar-refractivity contribution in [2.75, 3.05) is 0 Å². The van der Waals surface area contributed by atoms with Crippen LogP contribution in [-0.2, 0) is 5.54 Å². The first-order valence-corrected chi connectivity index (χ1v) is 7.35. The molecule has 3 heterocycles. The average molecular weight is 323 g/mol. The van der Waals surface area contributed by atoms with Crippen molar-refractivity contribution in [2.45, 2.75) is 19.4 Å². The molecule has 0 atom stereocenters. The lowest BCUT2D eigenvalue weighted by atomic mass is 10.0. The molecule has 7 heteroatoms. The molecule has 5 nitrogen and oxygen atoms in total. The van der Waals surface area contributed by atoms with Crippen LogP contribution in [0.25, 0.3) is 10.4 Å². The van der Waals surface area contributed by atoms with Gasteiger partial charge in [0.15, 0.2) is 0 Å². The van der Waals surface area contributed by atoms with Crippen LogP contribution in [0.4, 0.5) is 4.79 Å². The lowest BCUT2D eigenvalue weighted by Crippen LogP contribution is -2.42. The number of rotatable bonds is 1. The van der Waals surface area contributed by atoms with Gasteiger partial charge >= 0.3 is 6.09 Å². The Kier molecular flexibility index (Phi) is 3.04. The van der Waals surface area contributed by atoms with Crippen molar-refractivity contribution >= 4 is 34.9 Å². The zero-order valence-electron chi connectivity index (χ0n) is 11.3. The summed E-state index contributed by atoms with van der Waals surface area (Å²) in [7, 11) is 0. The number of hydrogen-bond donors (Lipinski definition) is 1. The van der Waals surface area contributed by atoms with Crippen LogP contribution in [0.3, 0.4) is 0 Å². The first-order chi connectivity index (χ1) is 9.82. The molecule has 0 unspecified atom stereocenters. The van der Waals surface area contributed by atoms with Crippen LogP contribution in [0.5, 0.6) is 0 Å². The van der Waals surface area contributed by atoms with Crippen LogP contribution in [-0.4, -0.2) is 27.0 Å². The number of pyridine rings is 1. The van der Waals surface area contributed by atoms with Gasteiger partial charge in [-0.15, -0.1) is 11.3 Å². The fourth-order valence-corrected chi connectivity index (χ4v) is 3.92. The van der Waals surface area contributed by atoms with Gasteiger partial charge in [0.05, 0.1) is 11.1 Å². The van der Waals surface area contributed by atoms with Gasteiger partial charge < -0.3 is 5.11 Å². The average Bonchev–Trinajstić information content (AvgIpc) is 2.89. The van der Waals surface area contributed by atoms with E-state index in [2.05, 4.69) is 4.98 Å². The summed E-state index contributed by atoms with van der Waals surface area (Å²) < 4.78 is 0. The maximum Gasteiger partial charge on any atom is 0.415 e. The Morgan fingerprint density at radius 3 is 2.71 bits per heavy atom. The summed E-state index contributed by atoms with van der Waals surface area (Å²) in [6.07, 6.45) is 0.362. The summed E-state index contributed by atoms with van der Waals surface area (Å²) in [6, 6.07) is 5.24. The van der Waals surface area contributed by atoms with Gasteiger partial charge in [0.2, 0.25) is 0 Å². The second kappa shape index (κ2) is 4.54. The van der Waals surface area contributed by atoms with Gasteiger partial charge in [-0.3, -0.25) is 4.79 Å². The maximum absolute atomic E-state index is 12.3. The van der Waals surface area contributed by atoms with Crippen LogP contribution < -0.4 is 0 Å². The van der Waals surface area contributed by atoms with E-state index in [1.807, 2.05) is 0 Å². The molecule has 0 radical (unpaired) electrons. The van der Waals surface area contributed by atoms with Crippen molar-refractivity contribution in [1.29, 1.82) is 0 Å². The smallest absolute Gasteiger partial charge is 0.415 e. The van der Waals surface area contributed by atoms with Crippen molar-refractivity contribution in [1.82, 2.24) is 9.88 Å². The fourth-order valence-electron chi connectivity index (χ4n) is 2.50. The van der Waals surface area contributed by atoms with Gasteiger partial charge in [-0.1, -0.05) is 11.6 Å². The van der Waals surface area contributed by atoms with Crippen LogP contribution in [0, 0.1) is 0 Å². The van der Waals surface area contributed by atoms with Crippen molar-refractivity contribution < 1.29 is 14.7 Å². The summed E-state index contributed by atoms with van der Waals surface area (Å²) in [6.45, 7) is 3.45. The van der Waals surface area contributed by atoms with Gasteiger partial charge in [-0.2, -0.15) is 0 Å². The normalized spacial score (nSPS) is 16.1. The number of carbonyl (C=O) groups is 2. The highest BCUT2D eigenvalue weighted by atomic mass is 35.5. The SMILES string of the molecule is CC1(C)c2sc(-c3ccnc(Cl)c3)cc2C(=O)N1C(=O)O. The lowest BCUT2D eigenvalue weighted by Gasteiger charge is -2.27. The second-order valence-corrected chi connectivity index (χ2v) is 6.64. The Labute approximate surface area is 129 Å². The second-order valence-electron chi connectivity index (χ2n) is 5.20.